The molecule has 5 heteroatoms. The average Bonchev–Trinajstić information content (AvgIpc) is 3.19. The Morgan fingerprint density at radius 2 is 2.11 bits per heavy atom. The van der Waals surface area contributed by atoms with E-state index in [2.05, 4.69) is 11.0 Å². The summed E-state index contributed by atoms with van der Waals surface area (Å²) in [6.07, 6.45) is 7.02. The number of benzene rings is 1. The highest BCUT2D eigenvalue weighted by atomic mass is 19.1. The monoisotopic (exact) mass is 378 g/mol. The van der Waals surface area contributed by atoms with E-state index in [-0.39, 0.29) is 11.4 Å². The number of rotatable bonds is 5. The highest BCUT2D eigenvalue weighted by molar-refractivity contribution is 5.42. The fraction of sp³-hybridized carbons (Fsp3) is 0.261. The molecule has 3 heterocycles. The van der Waals surface area contributed by atoms with Gasteiger partial charge < -0.3 is 8.98 Å². The lowest BCUT2D eigenvalue weighted by molar-refractivity contribution is 0.276. The fourth-order valence-electron chi connectivity index (χ4n) is 3.81. The van der Waals surface area contributed by atoms with Crippen LogP contribution in [-0.4, -0.2) is 22.6 Å². The van der Waals surface area contributed by atoms with Gasteiger partial charge in [-0.15, -0.1) is 0 Å². The maximum absolute atomic E-state index is 13.5. The normalized spacial score (nSPS) is 14.5. The number of halogens is 1. The summed E-state index contributed by atoms with van der Waals surface area (Å²) in [4.78, 5) is 15.1. The quantitative estimate of drug-likeness (QED) is 0.678. The Labute approximate surface area is 163 Å². The van der Waals surface area contributed by atoms with E-state index in [9.17, 15) is 9.18 Å². The summed E-state index contributed by atoms with van der Waals surface area (Å²) in [6.45, 7) is 2.52. The predicted molar refractivity (Wildman–Crippen MR) is 108 cm³/mol. The average molecular weight is 378 g/mol. The second-order valence-electron chi connectivity index (χ2n) is 7.22. The minimum absolute atomic E-state index is 0.00850. The van der Waals surface area contributed by atoms with Gasteiger partial charge in [0.2, 0.25) is 0 Å². The molecule has 1 aromatic carbocycles. The molecular formula is C23H23FN2O2. The lowest BCUT2D eigenvalue weighted by atomic mass is 9.99. The molecule has 0 bridgehead atoms. The van der Waals surface area contributed by atoms with E-state index >= 15 is 0 Å². The Bertz CT molecular complexity index is 1050. The number of aromatic nitrogens is 1. The number of furan rings is 1. The van der Waals surface area contributed by atoms with Gasteiger partial charge in [-0.25, -0.2) is 4.39 Å². The van der Waals surface area contributed by atoms with E-state index < -0.39 is 0 Å². The van der Waals surface area contributed by atoms with Gasteiger partial charge in [0.05, 0.1) is 6.26 Å². The van der Waals surface area contributed by atoms with Gasteiger partial charge in [0.15, 0.2) is 0 Å². The van der Waals surface area contributed by atoms with Crippen LogP contribution >= 0.6 is 0 Å². The maximum atomic E-state index is 13.5. The molecule has 0 amide bonds. The SMILES string of the molecule is Cn1c2c(cc(Cc3cccc(F)c3)c1=O)CN(CC=Cc1ccco1)CC2. The van der Waals surface area contributed by atoms with Crippen molar-refractivity contribution in [1.82, 2.24) is 9.47 Å². The van der Waals surface area contributed by atoms with Gasteiger partial charge in [-0.2, -0.15) is 0 Å². The van der Waals surface area contributed by atoms with Gasteiger partial charge in [-0.3, -0.25) is 9.69 Å². The number of hydrogen-bond donors (Lipinski definition) is 0. The van der Waals surface area contributed by atoms with Crippen LogP contribution in [0.2, 0.25) is 0 Å². The molecule has 0 unspecified atom stereocenters. The Morgan fingerprint density at radius 3 is 2.89 bits per heavy atom. The molecule has 0 spiro atoms. The third-order valence-corrected chi connectivity index (χ3v) is 5.23. The van der Waals surface area contributed by atoms with Crippen LogP contribution in [-0.2, 0) is 26.4 Å². The van der Waals surface area contributed by atoms with E-state index in [0.717, 1.165) is 43.1 Å². The number of fused-ring (bicyclic) bond motifs is 1. The predicted octanol–water partition coefficient (Wildman–Crippen LogP) is 3.78. The molecule has 0 saturated carbocycles. The maximum Gasteiger partial charge on any atom is 0.254 e. The van der Waals surface area contributed by atoms with E-state index in [1.54, 1.807) is 16.9 Å². The molecule has 3 aromatic rings. The van der Waals surface area contributed by atoms with Crippen LogP contribution in [0.1, 0.15) is 28.1 Å². The highest BCUT2D eigenvalue weighted by Gasteiger charge is 2.20. The lowest BCUT2D eigenvalue weighted by Crippen LogP contribution is -2.36. The van der Waals surface area contributed by atoms with Gasteiger partial charge in [0.1, 0.15) is 11.6 Å². The first-order valence-corrected chi connectivity index (χ1v) is 9.47. The molecule has 0 saturated heterocycles. The van der Waals surface area contributed by atoms with Crippen LogP contribution < -0.4 is 5.56 Å². The molecular weight excluding hydrogens is 355 g/mol. The second kappa shape index (κ2) is 7.98. The minimum Gasteiger partial charge on any atom is -0.465 e. The van der Waals surface area contributed by atoms with Crippen LogP contribution in [0.15, 0.2) is 64.0 Å². The summed E-state index contributed by atoms with van der Waals surface area (Å²) in [6, 6.07) is 12.3. The van der Waals surface area contributed by atoms with E-state index in [0.29, 0.717) is 12.0 Å². The van der Waals surface area contributed by atoms with Crippen LogP contribution in [0.5, 0.6) is 0 Å². The van der Waals surface area contributed by atoms with Crippen molar-refractivity contribution >= 4 is 6.08 Å². The summed E-state index contributed by atoms with van der Waals surface area (Å²) in [5.74, 6) is 0.569. The zero-order valence-corrected chi connectivity index (χ0v) is 15.9. The van der Waals surface area contributed by atoms with Gasteiger partial charge >= 0.3 is 0 Å². The largest absolute Gasteiger partial charge is 0.465 e. The smallest absolute Gasteiger partial charge is 0.254 e. The molecule has 4 rings (SSSR count). The molecule has 0 atom stereocenters. The van der Waals surface area contributed by atoms with Gasteiger partial charge in [-0.1, -0.05) is 18.2 Å². The van der Waals surface area contributed by atoms with Crippen LogP contribution in [0.3, 0.4) is 0 Å². The molecule has 0 radical (unpaired) electrons. The third-order valence-electron chi connectivity index (χ3n) is 5.23. The first kappa shape index (κ1) is 18.4. The Balaban J connectivity index is 1.53. The molecule has 0 aliphatic carbocycles. The number of hydrogen-bond acceptors (Lipinski definition) is 3. The number of nitrogens with zero attached hydrogens (tertiary/aromatic N) is 2. The molecule has 28 heavy (non-hydrogen) atoms. The molecule has 1 aliphatic rings. The van der Waals surface area contributed by atoms with E-state index in [1.807, 2.05) is 37.4 Å². The van der Waals surface area contributed by atoms with Crippen molar-refractivity contribution in [2.24, 2.45) is 7.05 Å². The molecule has 144 valence electrons. The number of pyridine rings is 1. The summed E-state index contributed by atoms with van der Waals surface area (Å²) >= 11 is 0. The first-order valence-electron chi connectivity index (χ1n) is 9.47. The molecule has 0 fully saturated rings. The van der Waals surface area contributed by atoms with Crippen molar-refractivity contribution in [3.05, 3.63) is 99.1 Å². The summed E-state index contributed by atoms with van der Waals surface area (Å²) in [7, 11) is 1.84. The molecule has 4 nitrogen and oxygen atoms in total. The van der Waals surface area contributed by atoms with Crippen molar-refractivity contribution in [2.75, 3.05) is 13.1 Å². The summed E-state index contributed by atoms with van der Waals surface area (Å²) < 4.78 is 20.6. The Morgan fingerprint density at radius 1 is 1.21 bits per heavy atom. The van der Waals surface area contributed by atoms with Crippen LogP contribution in [0.25, 0.3) is 6.08 Å². The van der Waals surface area contributed by atoms with Crippen LogP contribution in [0.4, 0.5) is 4.39 Å². The zero-order valence-electron chi connectivity index (χ0n) is 15.9. The lowest BCUT2D eigenvalue weighted by Gasteiger charge is -2.29. The Hall–Kier alpha value is -2.92. The van der Waals surface area contributed by atoms with Gasteiger partial charge in [0.25, 0.3) is 5.56 Å². The summed E-state index contributed by atoms with van der Waals surface area (Å²) in [5, 5.41) is 0. The molecule has 2 aromatic heterocycles. The molecule has 0 N–H and O–H groups in total. The van der Waals surface area contributed by atoms with Gasteiger partial charge in [0, 0.05) is 50.8 Å². The van der Waals surface area contributed by atoms with Crippen molar-refractivity contribution in [1.29, 1.82) is 0 Å². The topological polar surface area (TPSA) is 38.4 Å². The fourth-order valence-corrected chi connectivity index (χ4v) is 3.81. The summed E-state index contributed by atoms with van der Waals surface area (Å²) in [5.41, 5.74) is 3.80. The zero-order chi connectivity index (χ0) is 19.5. The first-order chi connectivity index (χ1) is 13.6. The highest BCUT2D eigenvalue weighted by Crippen LogP contribution is 2.20. The standard InChI is InChI=1S/C23H23FN2O2/c1-25-22-9-11-26(10-3-7-21-8-4-12-28-21)16-19(22)15-18(23(25)27)13-17-5-2-6-20(24)14-17/h2-8,12,14-15H,9-11,13,16H2,1H3. The van der Waals surface area contributed by atoms with Crippen LogP contribution in [0, 0.1) is 5.82 Å². The van der Waals surface area contributed by atoms with Crippen molar-refractivity contribution in [2.45, 2.75) is 19.4 Å². The molecule has 1 aliphatic heterocycles. The third kappa shape index (κ3) is 3.99. The van der Waals surface area contributed by atoms with Crippen molar-refractivity contribution in [3.8, 4) is 0 Å². The van der Waals surface area contributed by atoms with Crippen molar-refractivity contribution in [3.63, 3.8) is 0 Å². The Kier molecular flexibility index (Phi) is 5.26. The van der Waals surface area contributed by atoms with E-state index in [1.165, 1.54) is 17.7 Å². The second-order valence-corrected chi connectivity index (χ2v) is 7.22. The minimum atomic E-state index is -0.276. The van der Waals surface area contributed by atoms with E-state index in [4.69, 9.17) is 4.42 Å². The van der Waals surface area contributed by atoms with Crippen molar-refractivity contribution < 1.29 is 8.81 Å². The van der Waals surface area contributed by atoms with Gasteiger partial charge in [-0.05, 0) is 47.5 Å².